The van der Waals surface area contributed by atoms with Crippen molar-refractivity contribution in [3.05, 3.63) is 81.8 Å². The lowest BCUT2D eigenvalue weighted by atomic mass is 9.98. The first-order valence-electron chi connectivity index (χ1n) is 10.7. The molecule has 3 rings (SSSR count). The van der Waals surface area contributed by atoms with E-state index in [1.807, 2.05) is 42.5 Å². The van der Waals surface area contributed by atoms with Crippen molar-refractivity contribution >= 4 is 34.6 Å². The number of aliphatic hydroxyl groups excluding tert-OH is 1. The van der Waals surface area contributed by atoms with Crippen LogP contribution in [0.3, 0.4) is 0 Å². The minimum atomic E-state index is -1.12. The number of hydrogen-bond donors (Lipinski definition) is 2. The van der Waals surface area contributed by atoms with Crippen molar-refractivity contribution in [1.82, 2.24) is 5.32 Å². The fourth-order valence-electron chi connectivity index (χ4n) is 4.06. The number of amides is 1. The Bertz CT molecular complexity index is 1340. The van der Waals surface area contributed by atoms with Gasteiger partial charge in [0.15, 0.2) is 0 Å². The van der Waals surface area contributed by atoms with Gasteiger partial charge in [-0.2, -0.15) is 0 Å². The Balaban J connectivity index is 2.21. The topological polar surface area (TPSA) is 137 Å². The van der Waals surface area contributed by atoms with Crippen LogP contribution in [0.2, 0.25) is 0 Å². The fourth-order valence-corrected chi connectivity index (χ4v) is 4.06. The molecule has 36 heavy (non-hydrogen) atoms. The standard InChI is InChI=1S/C26H25NO9/c1-13(15-12-8-10-14-9-6-7-11-16(14)15)27-22(28)17-18(23(29)33-2)20(25(31)35-4)21(26(32)36-5)19(17)24(30)34-3/h6-13,29H,1-5H3,(H,27,28)/b23-18-/t13-/m1/s1. The normalized spacial score (nSPS) is 15.4. The maximum Gasteiger partial charge on any atom is 0.339 e. The van der Waals surface area contributed by atoms with E-state index in [1.54, 1.807) is 6.92 Å². The van der Waals surface area contributed by atoms with Crippen molar-refractivity contribution in [2.45, 2.75) is 13.0 Å². The SMILES string of the molecule is COC(=O)C1=C(C(=O)N[C@H](C)c2cccc3ccccc23)/C(=C(\O)OC)C(C(=O)OC)=C1C(=O)OC. The highest BCUT2D eigenvalue weighted by Gasteiger charge is 2.46. The maximum atomic E-state index is 13.6. The molecule has 0 spiro atoms. The smallest absolute Gasteiger partial charge is 0.339 e. The Hall–Kier alpha value is -4.60. The van der Waals surface area contributed by atoms with Crippen LogP contribution in [-0.4, -0.2) is 57.4 Å². The van der Waals surface area contributed by atoms with Crippen LogP contribution < -0.4 is 5.32 Å². The van der Waals surface area contributed by atoms with Gasteiger partial charge in [-0.1, -0.05) is 42.5 Å². The highest BCUT2D eigenvalue weighted by Crippen LogP contribution is 2.41. The molecule has 188 valence electrons. The molecule has 2 aromatic rings. The largest absolute Gasteiger partial charge is 0.481 e. The Morgan fingerprint density at radius 3 is 1.83 bits per heavy atom. The molecule has 0 bridgehead atoms. The Labute approximate surface area is 206 Å². The van der Waals surface area contributed by atoms with Crippen molar-refractivity contribution in [2.24, 2.45) is 0 Å². The van der Waals surface area contributed by atoms with Crippen LogP contribution in [-0.2, 0) is 38.1 Å². The molecule has 0 saturated carbocycles. The Kier molecular flexibility index (Phi) is 7.78. The zero-order valence-electron chi connectivity index (χ0n) is 20.3. The zero-order valence-corrected chi connectivity index (χ0v) is 20.3. The van der Waals surface area contributed by atoms with Gasteiger partial charge in [0.1, 0.15) is 0 Å². The Morgan fingerprint density at radius 2 is 1.25 bits per heavy atom. The summed E-state index contributed by atoms with van der Waals surface area (Å²) in [6, 6.07) is 12.6. The van der Waals surface area contributed by atoms with Gasteiger partial charge in [0.05, 0.1) is 62.3 Å². The molecular formula is C26H25NO9. The van der Waals surface area contributed by atoms with Gasteiger partial charge < -0.3 is 29.4 Å². The van der Waals surface area contributed by atoms with E-state index in [1.165, 1.54) is 0 Å². The summed E-state index contributed by atoms with van der Waals surface area (Å²) in [4.78, 5) is 51.8. The zero-order chi connectivity index (χ0) is 26.6. The molecule has 0 radical (unpaired) electrons. The summed E-state index contributed by atoms with van der Waals surface area (Å²) in [5.41, 5.74) is -1.99. The highest BCUT2D eigenvalue weighted by molar-refractivity contribution is 6.23. The van der Waals surface area contributed by atoms with Crippen LogP contribution in [0.15, 0.2) is 76.3 Å². The highest BCUT2D eigenvalue weighted by atomic mass is 16.6. The summed E-state index contributed by atoms with van der Waals surface area (Å²) in [7, 11) is 4.18. The van der Waals surface area contributed by atoms with E-state index in [0.717, 1.165) is 44.8 Å². The lowest BCUT2D eigenvalue weighted by Crippen LogP contribution is -2.30. The van der Waals surface area contributed by atoms with Gasteiger partial charge in [0.25, 0.3) is 11.9 Å². The number of fused-ring (bicyclic) bond motifs is 1. The van der Waals surface area contributed by atoms with Gasteiger partial charge in [-0.05, 0) is 23.3 Å². The van der Waals surface area contributed by atoms with Crippen molar-refractivity contribution in [3.63, 3.8) is 0 Å². The number of carbonyl (C=O) groups is 4. The van der Waals surface area contributed by atoms with Gasteiger partial charge in [-0.15, -0.1) is 0 Å². The maximum absolute atomic E-state index is 13.6. The quantitative estimate of drug-likeness (QED) is 0.337. The molecule has 0 heterocycles. The van der Waals surface area contributed by atoms with E-state index in [-0.39, 0.29) is 0 Å². The lowest BCUT2D eigenvalue weighted by molar-refractivity contribution is -0.140. The molecule has 10 heteroatoms. The van der Waals surface area contributed by atoms with E-state index in [9.17, 15) is 24.3 Å². The number of nitrogens with one attached hydrogen (secondary N) is 1. The van der Waals surface area contributed by atoms with Gasteiger partial charge in [-0.3, -0.25) is 4.79 Å². The first-order chi connectivity index (χ1) is 17.2. The summed E-state index contributed by atoms with van der Waals surface area (Å²) in [5.74, 6) is -5.12. The molecule has 1 aliphatic rings. The third-order valence-corrected chi connectivity index (χ3v) is 5.69. The van der Waals surface area contributed by atoms with Crippen molar-refractivity contribution < 1.29 is 43.2 Å². The third-order valence-electron chi connectivity index (χ3n) is 5.69. The van der Waals surface area contributed by atoms with E-state index < -0.39 is 63.7 Å². The average molecular weight is 495 g/mol. The summed E-state index contributed by atoms with van der Waals surface area (Å²) in [6.45, 7) is 1.72. The predicted molar refractivity (Wildman–Crippen MR) is 127 cm³/mol. The van der Waals surface area contributed by atoms with Crippen molar-refractivity contribution in [2.75, 3.05) is 28.4 Å². The monoisotopic (exact) mass is 495 g/mol. The number of hydrogen-bond acceptors (Lipinski definition) is 9. The summed E-state index contributed by atoms with van der Waals surface area (Å²) in [5, 5.41) is 15.1. The number of aliphatic hydroxyl groups is 1. The van der Waals surface area contributed by atoms with Gasteiger partial charge >= 0.3 is 17.9 Å². The number of esters is 3. The molecule has 10 nitrogen and oxygen atoms in total. The van der Waals surface area contributed by atoms with E-state index in [2.05, 4.69) is 5.32 Å². The number of methoxy groups -OCH3 is 4. The molecule has 0 aliphatic heterocycles. The molecule has 2 N–H and O–H groups in total. The van der Waals surface area contributed by atoms with Crippen LogP contribution in [0.25, 0.3) is 10.8 Å². The van der Waals surface area contributed by atoms with Gasteiger partial charge in [0.2, 0.25) is 0 Å². The molecule has 0 saturated heterocycles. The van der Waals surface area contributed by atoms with Crippen LogP contribution in [0.5, 0.6) is 0 Å². The summed E-state index contributed by atoms with van der Waals surface area (Å²) in [6.07, 6.45) is 0. The van der Waals surface area contributed by atoms with Crippen molar-refractivity contribution in [3.8, 4) is 0 Å². The second-order valence-electron chi connectivity index (χ2n) is 7.62. The molecule has 0 unspecified atom stereocenters. The number of rotatable bonds is 7. The molecular weight excluding hydrogens is 470 g/mol. The second kappa shape index (κ2) is 10.8. The number of benzene rings is 2. The average Bonchev–Trinajstić information content (AvgIpc) is 3.27. The number of ether oxygens (including phenoxy) is 4. The van der Waals surface area contributed by atoms with Gasteiger partial charge in [0, 0.05) is 0 Å². The minimum absolute atomic E-state index is 0.505. The first-order valence-corrected chi connectivity index (χ1v) is 10.7. The van der Waals surface area contributed by atoms with Crippen LogP contribution in [0.4, 0.5) is 0 Å². The molecule has 0 aromatic heterocycles. The molecule has 1 atom stereocenters. The predicted octanol–water partition coefficient (Wildman–Crippen LogP) is 2.56. The van der Waals surface area contributed by atoms with Gasteiger partial charge in [-0.25, -0.2) is 14.4 Å². The molecule has 1 amide bonds. The lowest BCUT2D eigenvalue weighted by Gasteiger charge is -2.19. The van der Waals surface area contributed by atoms with E-state index in [4.69, 9.17) is 18.9 Å². The summed E-state index contributed by atoms with van der Waals surface area (Å²) >= 11 is 0. The van der Waals surface area contributed by atoms with Crippen LogP contribution in [0, 0.1) is 0 Å². The first kappa shape index (κ1) is 26.0. The Morgan fingerprint density at radius 1 is 0.722 bits per heavy atom. The minimum Gasteiger partial charge on any atom is -0.481 e. The molecule has 2 aromatic carbocycles. The number of carbonyl (C=O) groups excluding carboxylic acids is 4. The van der Waals surface area contributed by atoms with Crippen LogP contribution >= 0.6 is 0 Å². The van der Waals surface area contributed by atoms with E-state index >= 15 is 0 Å². The van der Waals surface area contributed by atoms with Crippen molar-refractivity contribution in [1.29, 1.82) is 0 Å². The summed E-state index contributed by atoms with van der Waals surface area (Å²) < 4.78 is 19.2. The molecule has 1 aliphatic carbocycles. The fraction of sp³-hybridized carbons (Fsp3) is 0.231. The van der Waals surface area contributed by atoms with Crippen LogP contribution in [0.1, 0.15) is 18.5 Å². The molecule has 0 fully saturated rings. The van der Waals surface area contributed by atoms with E-state index in [0.29, 0.717) is 0 Å². The second-order valence-corrected chi connectivity index (χ2v) is 7.62. The third kappa shape index (κ3) is 4.52.